The minimum absolute atomic E-state index is 0.244. The van der Waals surface area contributed by atoms with Gasteiger partial charge in [-0.15, -0.1) is 0 Å². The van der Waals surface area contributed by atoms with E-state index in [1.54, 1.807) is 6.26 Å². The van der Waals surface area contributed by atoms with Crippen LogP contribution < -0.4 is 5.32 Å². The third kappa shape index (κ3) is 2.06. The van der Waals surface area contributed by atoms with Crippen molar-refractivity contribution in [2.45, 2.75) is 19.5 Å². The second kappa shape index (κ2) is 4.15. The molecular weight excluding hydrogens is 176 g/mol. The van der Waals surface area contributed by atoms with E-state index >= 15 is 0 Å². The first-order chi connectivity index (χ1) is 6.86. The molecule has 2 aromatic rings. The monoisotopic (exact) mass is 190 g/mol. The van der Waals surface area contributed by atoms with Gasteiger partial charge < -0.3 is 14.7 Å². The zero-order valence-electron chi connectivity index (χ0n) is 8.16. The molecule has 2 rings (SSSR count). The normalized spacial score (nSPS) is 12.9. The van der Waals surface area contributed by atoms with E-state index in [4.69, 9.17) is 4.42 Å². The second-order valence-corrected chi connectivity index (χ2v) is 3.31. The first-order valence-corrected chi connectivity index (χ1v) is 4.75. The lowest BCUT2D eigenvalue weighted by Crippen LogP contribution is -2.17. The van der Waals surface area contributed by atoms with Crippen molar-refractivity contribution in [2.75, 3.05) is 0 Å². The lowest BCUT2D eigenvalue weighted by molar-refractivity contribution is 0.429. The topological polar surface area (TPSA) is 41.0 Å². The largest absolute Gasteiger partial charge is 0.468 e. The third-order valence-corrected chi connectivity index (χ3v) is 2.23. The molecule has 0 aliphatic heterocycles. The first kappa shape index (κ1) is 9.09. The molecular formula is C11H14N2O. The van der Waals surface area contributed by atoms with Gasteiger partial charge in [0.1, 0.15) is 5.76 Å². The molecule has 14 heavy (non-hydrogen) atoms. The summed E-state index contributed by atoms with van der Waals surface area (Å²) in [4.78, 5) is 3.14. The summed E-state index contributed by atoms with van der Waals surface area (Å²) in [6.07, 6.45) is 3.62. The molecule has 74 valence electrons. The average molecular weight is 190 g/mol. The van der Waals surface area contributed by atoms with Crippen LogP contribution in [0.4, 0.5) is 0 Å². The van der Waals surface area contributed by atoms with Gasteiger partial charge in [-0.05, 0) is 31.2 Å². The molecule has 2 N–H and O–H groups in total. The van der Waals surface area contributed by atoms with Crippen LogP contribution >= 0.6 is 0 Å². The fourth-order valence-electron chi connectivity index (χ4n) is 1.38. The van der Waals surface area contributed by atoms with Gasteiger partial charge in [-0.2, -0.15) is 0 Å². The molecule has 0 aliphatic rings. The minimum Gasteiger partial charge on any atom is -0.468 e. The van der Waals surface area contributed by atoms with Gasteiger partial charge in [0.25, 0.3) is 0 Å². The second-order valence-electron chi connectivity index (χ2n) is 3.31. The highest BCUT2D eigenvalue weighted by molar-refractivity contribution is 5.06. The number of furan rings is 1. The predicted molar refractivity (Wildman–Crippen MR) is 54.8 cm³/mol. The van der Waals surface area contributed by atoms with Crippen LogP contribution in [0.15, 0.2) is 41.1 Å². The maximum absolute atomic E-state index is 5.29. The summed E-state index contributed by atoms with van der Waals surface area (Å²) < 4.78 is 5.29. The summed E-state index contributed by atoms with van der Waals surface area (Å²) in [5.41, 5.74) is 1.18. The molecule has 0 spiro atoms. The number of hydrogen-bond acceptors (Lipinski definition) is 2. The standard InChI is InChI=1S/C11H14N2O/c1-9(11-5-3-7-14-11)13-8-10-4-2-6-12-10/h2-7,9,12-13H,8H2,1H3/t9-/m1/s1. The molecule has 3 nitrogen and oxygen atoms in total. The van der Waals surface area contributed by atoms with Gasteiger partial charge in [0.2, 0.25) is 0 Å². The van der Waals surface area contributed by atoms with E-state index < -0.39 is 0 Å². The summed E-state index contributed by atoms with van der Waals surface area (Å²) in [6, 6.07) is 8.18. The number of aromatic amines is 1. The molecule has 1 atom stereocenters. The highest BCUT2D eigenvalue weighted by Crippen LogP contribution is 2.12. The number of nitrogens with one attached hydrogen (secondary N) is 2. The number of H-pyrrole nitrogens is 1. The highest BCUT2D eigenvalue weighted by Gasteiger charge is 2.06. The molecule has 0 amide bonds. The van der Waals surface area contributed by atoms with Gasteiger partial charge in [-0.3, -0.25) is 0 Å². The Balaban J connectivity index is 1.87. The molecule has 0 radical (unpaired) electrons. The van der Waals surface area contributed by atoms with E-state index in [0.717, 1.165) is 12.3 Å². The van der Waals surface area contributed by atoms with Crippen LogP contribution in [-0.4, -0.2) is 4.98 Å². The third-order valence-electron chi connectivity index (χ3n) is 2.23. The molecule has 0 saturated carbocycles. The van der Waals surface area contributed by atoms with Gasteiger partial charge in [0, 0.05) is 18.4 Å². The van der Waals surface area contributed by atoms with E-state index in [0.29, 0.717) is 0 Å². The van der Waals surface area contributed by atoms with Gasteiger partial charge in [-0.25, -0.2) is 0 Å². The van der Waals surface area contributed by atoms with Gasteiger partial charge in [0.15, 0.2) is 0 Å². The van der Waals surface area contributed by atoms with Crippen LogP contribution in [0, 0.1) is 0 Å². The van der Waals surface area contributed by atoms with Crippen LogP contribution in [0.2, 0.25) is 0 Å². The van der Waals surface area contributed by atoms with Crippen molar-refractivity contribution in [3.63, 3.8) is 0 Å². The summed E-state index contributed by atoms with van der Waals surface area (Å²) in [5, 5.41) is 3.36. The molecule has 0 unspecified atom stereocenters. The number of rotatable bonds is 4. The smallest absolute Gasteiger partial charge is 0.120 e. The van der Waals surface area contributed by atoms with Crippen LogP contribution in [0.3, 0.4) is 0 Å². The van der Waals surface area contributed by atoms with Gasteiger partial charge in [-0.1, -0.05) is 0 Å². The molecule has 0 aliphatic carbocycles. The molecule has 0 saturated heterocycles. The van der Waals surface area contributed by atoms with E-state index in [1.165, 1.54) is 5.69 Å². The summed E-state index contributed by atoms with van der Waals surface area (Å²) in [7, 11) is 0. The molecule has 0 aromatic carbocycles. The number of hydrogen-bond donors (Lipinski definition) is 2. The lowest BCUT2D eigenvalue weighted by Gasteiger charge is -2.09. The Morgan fingerprint density at radius 3 is 3.00 bits per heavy atom. The Labute approximate surface area is 83.1 Å². The maximum Gasteiger partial charge on any atom is 0.120 e. The van der Waals surface area contributed by atoms with Crippen molar-refractivity contribution in [2.24, 2.45) is 0 Å². The fourth-order valence-corrected chi connectivity index (χ4v) is 1.38. The molecule has 0 bridgehead atoms. The molecule has 0 fully saturated rings. The highest BCUT2D eigenvalue weighted by atomic mass is 16.3. The summed E-state index contributed by atoms with van der Waals surface area (Å²) in [6.45, 7) is 2.91. The quantitative estimate of drug-likeness (QED) is 0.777. The Hall–Kier alpha value is -1.48. The van der Waals surface area contributed by atoms with Crippen LogP contribution in [0.25, 0.3) is 0 Å². The van der Waals surface area contributed by atoms with Crippen molar-refractivity contribution < 1.29 is 4.42 Å². The summed E-state index contributed by atoms with van der Waals surface area (Å²) >= 11 is 0. The Bertz CT molecular complexity index is 351. The molecule has 2 aromatic heterocycles. The lowest BCUT2D eigenvalue weighted by atomic mass is 10.2. The van der Waals surface area contributed by atoms with Crippen LogP contribution in [0.5, 0.6) is 0 Å². The molecule has 3 heteroatoms. The van der Waals surface area contributed by atoms with E-state index in [9.17, 15) is 0 Å². The van der Waals surface area contributed by atoms with Crippen molar-refractivity contribution in [3.05, 3.63) is 48.2 Å². The Morgan fingerprint density at radius 1 is 1.43 bits per heavy atom. The number of aromatic nitrogens is 1. The minimum atomic E-state index is 0.244. The van der Waals surface area contributed by atoms with Crippen LogP contribution in [-0.2, 0) is 6.54 Å². The van der Waals surface area contributed by atoms with Gasteiger partial charge >= 0.3 is 0 Å². The van der Waals surface area contributed by atoms with E-state index in [1.807, 2.05) is 24.4 Å². The molecule has 2 heterocycles. The predicted octanol–water partition coefficient (Wildman–Crippen LogP) is 2.46. The Kier molecular flexibility index (Phi) is 2.70. The van der Waals surface area contributed by atoms with Crippen molar-refractivity contribution in [1.29, 1.82) is 0 Å². The average Bonchev–Trinajstić information content (AvgIpc) is 2.87. The first-order valence-electron chi connectivity index (χ1n) is 4.75. The van der Waals surface area contributed by atoms with Crippen molar-refractivity contribution >= 4 is 0 Å². The van der Waals surface area contributed by atoms with Crippen molar-refractivity contribution in [3.8, 4) is 0 Å². The van der Waals surface area contributed by atoms with Crippen LogP contribution in [0.1, 0.15) is 24.4 Å². The van der Waals surface area contributed by atoms with E-state index in [2.05, 4.69) is 23.3 Å². The van der Waals surface area contributed by atoms with Gasteiger partial charge in [0.05, 0.1) is 12.3 Å². The zero-order chi connectivity index (χ0) is 9.80. The SMILES string of the molecule is C[C@@H](NCc1ccc[nH]1)c1ccco1. The maximum atomic E-state index is 5.29. The zero-order valence-corrected chi connectivity index (χ0v) is 8.16. The summed E-state index contributed by atoms with van der Waals surface area (Å²) in [5.74, 6) is 0.969. The Morgan fingerprint density at radius 2 is 2.36 bits per heavy atom. The fraction of sp³-hybridized carbons (Fsp3) is 0.273. The van der Waals surface area contributed by atoms with Crippen molar-refractivity contribution in [1.82, 2.24) is 10.3 Å². The van der Waals surface area contributed by atoms with E-state index in [-0.39, 0.29) is 6.04 Å².